The van der Waals surface area contributed by atoms with Crippen LogP contribution in [-0.4, -0.2) is 41.5 Å². The summed E-state index contributed by atoms with van der Waals surface area (Å²) in [7, 11) is 1.75. The molecule has 2 rings (SSSR count). The largest absolute Gasteiger partial charge is 0.478 e. The van der Waals surface area contributed by atoms with Crippen molar-refractivity contribution in [1.29, 1.82) is 0 Å². The van der Waals surface area contributed by atoms with Gasteiger partial charge in [0.15, 0.2) is 0 Å². The van der Waals surface area contributed by atoms with E-state index in [4.69, 9.17) is 5.11 Å². The molecule has 1 heterocycles. The zero-order valence-corrected chi connectivity index (χ0v) is 11.1. The second-order valence-corrected chi connectivity index (χ2v) is 4.77. The number of likely N-dealkylation sites (N-methyl/N-ethyl adjacent to an activating group) is 1. The van der Waals surface area contributed by atoms with Gasteiger partial charge in [-0.25, -0.2) is 4.79 Å². The Bertz CT molecular complexity index is 513. The maximum absolute atomic E-state index is 12.1. The van der Waals surface area contributed by atoms with E-state index in [-0.39, 0.29) is 11.9 Å². The van der Waals surface area contributed by atoms with Crippen LogP contribution in [0.4, 0.5) is 0 Å². The maximum Gasteiger partial charge on any atom is 0.335 e. The van der Waals surface area contributed by atoms with Crippen molar-refractivity contribution in [3.05, 3.63) is 34.9 Å². The predicted octanol–water partition coefficient (Wildman–Crippen LogP) is 0.877. The molecular weight excluding hydrogens is 244 g/mol. The van der Waals surface area contributed by atoms with Crippen LogP contribution in [0.3, 0.4) is 0 Å². The average Bonchev–Trinajstić information content (AvgIpc) is 2.44. The van der Waals surface area contributed by atoms with Gasteiger partial charge in [0.25, 0.3) is 0 Å². The van der Waals surface area contributed by atoms with Crippen molar-refractivity contribution in [2.24, 2.45) is 0 Å². The van der Waals surface area contributed by atoms with E-state index in [2.05, 4.69) is 5.32 Å². The van der Waals surface area contributed by atoms with E-state index in [1.54, 1.807) is 24.1 Å². The molecule has 0 saturated heterocycles. The molecule has 1 aliphatic heterocycles. The predicted molar refractivity (Wildman–Crippen MR) is 71.0 cm³/mol. The summed E-state index contributed by atoms with van der Waals surface area (Å²) in [6.07, 6.45) is 0.597. The van der Waals surface area contributed by atoms with Gasteiger partial charge in [-0.05, 0) is 37.6 Å². The van der Waals surface area contributed by atoms with Crippen LogP contribution >= 0.6 is 0 Å². The summed E-state index contributed by atoms with van der Waals surface area (Å²) in [6.45, 7) is 2.88. The summed E-state index contributed by atoms with van der Waals surface area (Å²) in [5.41, 5.74) is 2.14. The van der Waals surface area contributed by atoms with E-state index in [0.717, 1.165) is 11.1 Å². The molecule has 1 aromatic carbocycles. The monoisotopic (exact) mass is 262 g/mol. The standard InChI is InChI=1S/C14H18N2O3/c1-9(15-2)13(17)16-7-6-11-10(8-16)4-3-5-12(11)14(18)19/h3-5,9,15H,6-8H2,1-2H3,(H,18,19). The Kier molecular flexibility index (Phi) is 3.85. The Hall–Kier alpha value is -1.88. The molecule has 5 heteroatoms. The number of carbonyl (C=O) groups is 2. The van der Waals surface area contributed by atoms with E-state index in [0.29, 0.717) is 25.1 Å². The molecule has 102 valence electrons. The summed E-state index contributed by atoms with van der Waals surface area (Å²) in [6, 6.07) is 5.03. The molecule has 2 N–H and O–H groups in total. The Morgan fingerprint density at radius 1 is 1.42 bits per heavy atom. The number of hydrogen-bond acceptors (Lipinski definition) is 3. The molecule has 0 bridgehead atoms. The van der Waals surface area contributed by atoms with Gasteiger partial charge in [-0.1, -0.05) is 12.1 Å². The lowest BCUT2D eigenvalue weighted by Gasteiger charge is -2.31. The van der Waals surface area contributed by atoms with Crippen LogP contribution < -0.4 is 5.32 Å². The molecule has 0 aliphatic carbocycles. The zero-order chi connectivity index (χ0) is 14.0. The van der Waals surface area contributed by atoms with E-state index in [1.807, 2.05) is 13.0 Å². The number of hydrogen-bond donors (Lipinski definition) is 2. The SMILES string of the molecule is CNC(C)C(=O)N1CCc2c(cccc2C(=O)O)C1. The Morgan fingerprint density at radius 3 is 2.79 bits per heavy atom. The minimum absolute atomic E-state index is 0.0499. The second kappa shape index (κ2) is 5.40. The third kappa shape index (κ3) is 2.61. The molecule has 0 fully saturated rings. The molecule has 1 atom stereocenters. The van der Waals surface area contributed by atoms with Crippen LogP contribution in [-0.2, 0) is 17.8 Å². The van der Waals surface area contributed by atoms with Crippen LogP contribution in [0.2, 0.25) is 0 Å². The summed E-state index contributed by atoms with van der Waals surface area (Å²) in [4.78, 5) is 25.0. The topological polar surface area (TPSA) is 69.6 Å². The number of carbonyl (C=O) groups excluding carboxylic acids is 1. The lowest BCUT2D eigenvalue weighted by molar-refractivity contribution is -0.133. The van der Waals surface area contributed by atoms with Gasteiger partial charge < -0.3 is 15.3 Å². The molecule has 5 nitrogen and oxygen atoms in total. The number of rotatable bonds is 3. The average molecular weight is 262 g/mol. The van der Waals surface area contributed by atoms with E-state index < -0.39 is 5.97 Å². The van der Waals surface area contributed by atoms with E-state index in [1.165, 1.54) is 0 Å². The molecule has 0 saturated carbocycles. The molecule has 1 aliphatic rings. The number of benzene rings is 1. The first-order chi connectivity index (χ1) is 9.04. The Balaban J connectivity index is 2.24. The number of carboxylic acids is 1. The number of fused-ring (bicyclic) bond motifs is 1. The van der Waals surface area contributed by atoms with Gasteiger partial charge in [-0.3, -0.25) is 4.79 Å². The Morgan fingerprint density at radius 2 is 2.16 bits per heavy atom. The fraction of sp³-hybridized carbons (Fsp3) is 0.429. The highest BCUT2D eigenvalue weighted by atomic mass is 16.4. The first-order valence-corrected chi connectivity index (χ1v) is 6.34. The van der Waals surface area contributed by atoms with Crippen LogP contribution in [0.5, 0.6) is 0 Å². The highest BCUT2D eigenvalue weighted by Gasteiger charge is 2.26. The van der Waals surface area contributed by atoms with E-state index >= 15 is 0 Å². The normalized spacial score (nSPS) is 15.8. The van der Waals surface area contributed by atoms with Crippen molar-refractivity contribution < 1.29 is 14.7 Å². The fourth-order valence-electron chi connectivity index (χ4n) is 2.40. The van der Waals surface area contributed by atoms with Gasteiger partial charge in [-0.15, -0.1) is 0 Å². The van der Waals surface area contributed by atoms with Gasteiger partial charge in [0.2, 0.25) is 5.91 Å². The summed E-state index contributed by atoms with van der Waals surface area (Å²) < 4.78 is 0. The van der Waals surface area contributed by atoms with Gasteiger partial charge in [-0.2, -0.15) is 0 Å². The first-order valence-electron chi connectivity index (χ1n) is 6.34. The highest BCUT2D eigenvalue weighted by molar-refractivity contribution is 5.90. The van der Waals surface area contributed by atoms with Crippen molar-refractivity contribution in [2.45, 2.75) is 25.9 Å². The molecular formula is C14H18N2O3. The minimum atomic E-state index is -0.903. The Labute approximate surface area is 112 Å². The van der Waals surface area contributed by atoms with Gasteiger partial charge in [0, 0.05) is 13.1 Å². The molecule has 1 amide bonds. The van der Waals surface area contributed by atoms with Crippen molar-refractivity contribution in [3.8, 4) is 0 Å². The molecule has 0 radical (unpaired) electrons. The molecule has 1 unspecified atom stereocenters. The van der Waals surface area contributed by atoms with Gasteiger partial charge in [0.1, 0.15) is 0 Å². The van der Waals surface area contributed by atoms with Crippen molar-refractivity contribution in [3.63, 3.8) is 0 Å². The van der Waals surface area contributed by atoms with Crippen LogP contribution in [0.1, 0.15) is 28.4 Å². The third-order valence-electron chi connectivity index (χ3n) is 3.61. The van der Waals surface area contributed by atoms with Crippen LogP contribution in [0, 0.1) is 0 Å². The number of carboxylic acid groups (broad SMARTS) is 1. The quantitative estimate of drug-likeness (QED) is 0.848. The second-order valence-electron chi connectivity index (χ2n) is 4.77. The molecule has 1 aromatic rings. The van der Waals surface area contributed by atoms with Crippen molar-refractivity contribution >= 4 is 11.9 Å². The number of nitrogens with one attached hydrogen (secondary N) is 1. The molecule has 0 spiro atoms. The number of aromatic carboxylic acids is 1. The van der Waals surface area contributed by atoms with Crippen LogP contribution in [0.25, 0.3) is 0 Å². The fourth-order valence-corrected chi connectivity index (χ4v) is 2.40. The summed E-state index contributed by atoms with van der Waals surface area (Å²) in [5.74, 6) is -0.853. The summed E-state index contributed by atoms with van der Waals surface area (Å²) >= 11 is 0. The van der Waals surface area contributed by atoms with Crippen molar-refractivity contribution in [1.82, 2.24) is 10.2 Å². The van der Waals surface area contributed by atoms with Gasteiger partial charge in [0.05, 0.1) is 11.6 Å². The van der Waals surface area contributed by atoms with Gasteiger partial charge >= 0.3 is 5.97 Å². The molecule has 0 aromatic heterocycles. The van der Waals surface area contributed by atoms with Crippen LogP contribution in [0.15, 0.2) is 18.2 Å². The minimum Gasteiger partial charge on any atom is -0.478 e. The number of nitrogens with zero attached hydrogens (tertiary/aromatic N) is 1. The lowest BCUT2D eigenvalue weighted by Crippen LogP contribution is -2.45. The maximum atomic E-state index is 12.1. The first kappa shape index (κ1) is 13.5. The summed E-state index contributed by atoms with van der Waals surface area (Å²) in [5, 5.41) is 12.1. The lowest BCUT2D eigenvalue weighted by atomic mass is 9.94. The smallest absolute Gasteiger partial charge is 0.335 e. The molecule has 19 heavy (non-hydrogen) atoms. The zero-order valence-electron chi connectivity index (χ0n) is 11.1. The van der Waals surface area contributed by atoms with Crippen molar-refractivity contribution in [2.75, 3.05) is 13.6 Å². The number of amides is 1. The van der Waals surface area contributed by atoms with E-state index in [9.17, 15) is 9.59 Å². The third-order valence-corrected chi connectivity index (χ3v) is 3.61. The highest BCUT2D eigenvalue weighted by Crippen LogP contribution is 2.23.